The maximum Gasteiger partial charge on any atom is 0.407 e. The molecule has 0 aliphatic carbocycles. The molecule has 2 fully saturated rings. The molecule has 1 aromatic rings. The number of nitrogens with one attached hydrogen (secondary N) is 1. The second-order valence-electron chi connectivity index (χ2n) is 7.43. The van der Waals surface area contributed by atoms with E-state index in [-0.39, 0.29) is 11.8 Å². The van der Waals surface area contributed by atoms with Gasteiger partial charge in [-0.25, -0.2) is 4.79 Å². The van der Waals surface area contributed by atoms with Gasteiger partial charge in [-0.15, -0.1) is 0 Å². The molecule has 7 heteroatoms. The third-order valence-electron chi connectivity index (χ3n) is 5.53. The summed E-state index contributed by atoms with van der Waals surface area (Å²) >= 11 is 0. The Labute approximate surface area is 154 Å². The molecule has 2 saturated heterocycles. The van der Waals surface area contributed by atoms with Crippen LogP contribution in [0.5, 0.6) is 0 Å². The molecule has 2 N–H and O–H groups in total. The predicted octanol–water partition coefficient (Wildman–Crippen LogP) is 2.16. The van der Waals surface area contributed by atoms with Gasteiger partial charge in [-0.2, -0.15) is 0 Å². The summed E-state index contributed by atoms with van der Waals surface area (Å²) in [5, 5.41) is 11.9. The number of hydrogen-bond acceptors (Lipinski definition) is 4. The van der Waals surface area contributed by atoms with E-state index in [9.17, 15) is 9.59 Å². The number of nitrogens with zero attached hydrogens (tertiary/aromatic N) is 3. The van der Waals surface area contributed by atoms with Gasteiger partial charge < -0.3 is 25.1 Å². The van der Waals surface area contributed by atoms with E-state index >= 15 is 0 Å². The second kappa shape index (κ2) is 7.95. The maximum absolute atomic E-state index is 12.4. The highest BCUT2D eigenvalue weighted by molar-refractivity contribution is 5.92. The van der Waals surface area contributed by atoms with Crippen molar-refractivity contribution in [3.63, 3.8) is 0 Å². The Morgan fingerprint density at radius 1 is 1.08 bits per heavy atom. The Morgan fingerprint density at radius 3 is 2.27 bits per heavy atom. The molecule has 3 rings (SSSR count). The summed E-state index contributed by atoms with van der Waals surface area (Å²) in [6.07, 6.45) is 1.42. The highest BCUT2D eigenvalue weighted by Crippen LogP contribution is 2.25. The number of amides is 2. The summed E-state index contributed by atoms with van der Waals surface area (Å²) < 4.78 is 0. The minimum atomic E-state index is -0.905. The molecule has 142 valence electrons. The van der Waals surface area contributed by atoms with Crippen molar-refractivity contribution in [1.82, 2.24) is 9.80 Å². The maximum atomic E-state index is 12.4. The van der Waals surface area contributed by atoms with Gasteiger partial charge in [0.25, 0.3) is 0 Å². The SMILES string of the molecule is CN(C)C1CCN(c2ccc(NC(=O)C3CCN(C(=O)O)CC3)cc2)C1. The molecule has 1 unspecified atom stereocenters. The summed E-state index contributed by atoms with van der Waals surface area (Å²) in [6, 6.07) is 8.60. The van der Waals surface area contributed by atoms with Crippen LogP contribution in [-0.2, 0) is 4.79 Å². The average molecular weight is 360 g/mol. The van der Waals surface area contributed by atoms with Gasteiger partial charge in [0.15, 0.2) is 0 Å². The van der Waals surface area contributed by atoms with Crippen LogP contribution in [0.4, 0.5) is 16.2 Å². The molecule has 2 amide bonds. The van der Waals surface area contributed by atoms with E-state index in [0.717, 1.165) is 18.8 Å². The van der Waals surface area contributed by atoms with Crippen molar-refractivity contribution < 1.29 is 14.7 Å². The lowest BCUT2D eigenvalue weighted by Crippen LogP contribution is -2.40. The summed E-state index contributed by atoms with van der Waals surface area (Å²) in [5.41, 5.74) is 1.98. The molecule has 1 atom stereocenters. The smallest absolute Gasteiger partial charge is 0.407 e. The third-order valence-corrected chi connectivity index (χ3v) is 5.53. The molecule has 0 radical (unpaired) electrons. The van der Waals surface area contributed by atoms with Crippen LogP contribution in [0, 0.1) is 5.92 Å². The van der Waals surface area contributed by atoms with Crippen molar-refractivity contribution >= 4 is 23.4 Å². The Balaban J connectivity index is 1.52. The van der Waals surface area contributed by atoms with Gasteiger partial charge in [0, 0.05) is 49.5 Å². The molecule has 26 heavy (non-hydrogen) atoms. The molecule has 0 bridgehead atoms. The Hall–Kier alpha value is -2.28. The standard InChI is InChI=1S/C19H28N4O3/c1-21(2)17-9-12-23(13-17)16-5-3-15(4-6-16)20-18(24)14-7-10-22(11-8-14)19(25)26/h3-6,14,17H,7-13H2,1-2H3,(H,20,24)(H,25,26). The highest BCUT2D eigenvalue weighted by Gasteiger charge is 2.27. The number of benzene rings is 1. The largest absolute Gasteiger partial charge is 0.465 e. The Kier molecular flexibility index (Phi) is 5.66. The Bertz CT molecular complexity index is 639. The van der Waals surface area contributed by atoms with E-state index in [0.29, 0.717) is 32.0 Å². The van der Waals surface area contributed by atoms with Crippen LogP contribution in [0.1, 0.15) is 19.3 Å². The van der Waals surface area contributed by atoms with Gasteiger partial charge in [0.05, 0.1) is 0 Å². The Morgan fingerprint density at radius 2 is 1.73 bits per heavy atom. The number of rotatable bonds is 4. The van der Waals surface area contributed by atoms with E-state index in [1.54, 1.807) is 0 Å². The van der Waals surface area contributed by atoms with Crippen molar-refractivity contribution in [1.29, 1.82) is 0 Å². The van der Waals surface area contributed by atoms with E-state index in [1.165, 1.54) is 17.0 Å². The van der Waals surface area contributed by atoms with Gasteiger partial charge in [-0.05, 0) is 57.6 Å². The highest BCUT2D eigenvalue weighted by atomic mass is 16.4. The van der Waals surface area contributed by atoms with Crippen LogP contribution in [0.3, 0.4) is 0 Å². The van der Waals surface area contributed by atoms with Gasteiger partial charge >= 0.3 is 6.09 Å². The molecule has 1 aromatic carbocycles. The summed E-state index contributed by atoms with van der Waals surface area (Å²) in [6.45, 7) is 2.93. The molecule has 2 aliphatic rings. The monoisotopic (exact) mass is 360 g/mol. The third kappa shape index (κ3) is 4.27. The van der Waals surface area contributed by atoms with Gasteiger partial charge in [0.2, 0.25) is 5.91 Å². The van der Waals surface area contributed by atoms with Crippen molar-refractivity contribution in [3.8, 4) is 0 Å². The number of carbonyl (C=O) groups excluding carboxylic acids is 1. The van der Waals surface area contributed by atoms with Crippen LogP contribution in [0.25, 0.3) is 0 Å². The summed E-state index contributed by atoms with van der Waals surface area (Å²) in [4.78, 5) is 29.4. The van der Waals surface area contributed by atoms with Crippen molar-refractivity contribution in [3.05, 3.63) is 24.3 Å². The van der Waals surface area contributed by atoms with Crippen molar-refractivity contribution in [2.75, 3.05) is 50.5 Å². The predicted molar refractivity (Wildman–Crippen MR) is 102 cm³/mol. The van der Waals surface area contributed by atoms with E-state index in [1.807, 2.05) is 12.1 Å². The minimum Gasteiger partial charge on any atom is -0.465 e. The quantitative estimate of drug-likeness (QED) is 0.860. The van der Waals surface area contributed by atoms with Crippen LogP contribution in [0.15, 0.2) is 24.3 Å². The molecule has 0 aromatic heterocycles. The van der Waals surface area contributed by atoms with Crippen LogP contribution in [-0.4, -0.2) is 73.2 Å². The van der Waals surface area contributed by atoms with Gasteiger partial charge in [0.1, 0.15) is 0 Å². The van der Waals surface area contributed by atoms with E-state index < -0.39 is 6.09 Å². The molecule has 2 aliphatic heterocycles. The lowest BCUT2D eigenvalue weighted by Gasteiger charge is -2.29. The number of anilines is 2. The first-order valence-electron chi connectivity index (χ1n) is 9.24. The number of carboxylic acid groups (broad SMARTS) is 1. The number of likely N-dealkylation sites (tertiary alicyclic amines) is 1. The lowest BCUT2D eigenvalue weighted by molar-refractivity contribution is -0.121. The molecular formula is C19H28N4O3. The van der Waals surface area contributed by atoms with Crippen molar-refractivity contribution in [2.45, 2.75) is 25.3 Å². The fourth-order valence-corrected chi connectivity index (χ4v) is 3.73. The summed E-state index contributed by atoms with van der Waals surface area (Å²) in [5.74, 6) is -0.138. The molecule has 7 nitrogen and oxygen atoms in total. The fourth-order valence-electron chi connectivity index (χ4n) is 3.73. The van der Waals surface area contributed by atoms with Gasteiger partial charge in [-0.1, -0.05) is 0 Å². The average Bonchev–Trinajstić information content (AvgIpc) is 3.13. The first kappa shape index (κ1) is 18.5. The molecular weight excluding hydrogens is 332 g/mol. The minimum absolute atomic E-state index is 0.0170. The number of piperidine rings is 1. The number of carbonyl (C=O) groups is 2. The zero-order chi connectivity index (χ0) is 18.7. The van der Waals surface area contributed by atoms with Crippen LogP contribution >= 0.6 is 0 Å². The van der Waals surface area contributed by atoms with Gasteiger partial charge in [-0.3, -0.25) is 4.79 Å². The fraction of sp³-hybridized carbons (Fsp3) is 0.579. The van der Waals surface area contributed by atoms with E-state index in [2.05, 4.69) is 41.3 Å². The first-order chi connectivity index (χ1) is 12.4. The lowest BCUT2D eigenvalue weighted by atomic mass is 9.96. The first-order valence-corrected chi connectivity index (χ1v) is 9.24. The molecule has 0 spiro atoms. The molecule has 2 heterocycles. The van der Waals surface area contributed by atoms with Crippen LogP contribution in [0.2, 0.25) is 0 Å². The zero-order valence-corrected chi connectivity index (χ0v) is 15.5. The number of hydrogen-bond donors (Lipinski definition) is 2. The number of likely N-dealkylation sites (N-methyl/N-ethyl adjacent to an activating group) is 1. The summed E-state index contributed by atoms with van der Waals surface area (Å²) in [7, 11) is 4.24. The van der Waals surface area contributed by atoms with Crippen molar-refractivity contribution in [2.24, 2.45) is 5.92 Å². The topological polar surface area (TPSA) is 76.1 Å². The molecule has 0 saturated carbocycles. The second-order valence-corrected chi connectivity index (χ2v) is 7.43. The normalized spacial score (nSPS) is 21.3. The van der Waals surface area contributed by atoms with E-state index in [4.69, 9.17) is 5.11 Å². The van der Waals surface area contributed by atoms with Crippen LogP contribution < -0.4 is 10.2 Å². The zero-order valence-electron chi connectivity index (χ0n) is 15.5.